The van der Waals surface area contributed by atoms with Gasteiger partial charge in [0.25, 0.3) is 0 Å². The molecule has 6 nitrogen and oxygen atoms in total. The van der Waals surface area contributed by atoms with E-state index >= 15 is 0 Å². The zero-order chi connectivity index (χ0) is 19.1. The van der Waals surface area contributed by atoms with Gasteiger partial charge in [-0.1, -0.05) is 16.8 Å². The molecule has 0 spiro atoms. The molecule has 0 bridgehead atoms. The summed E-state index contributed by atoms with van der Waals surface area (Å²) in [5.41, 5.74) is 0.777. The summed E-state index contributed by atoms with van der Waals surface area (Å²) in [6, 6.07) is 6.86. The third-order valence-corrected chi connectivity index (χ3v) is 5.90. The van der Waals surface area contributed by atoms with E-state index in [-0.39, 0.29) is 16.9 Å². The van der Waals surface area contributed by atoms with Crippen molar-refractivity contribution in [2.45, 2.75) is 25.8 Å². The third kappa shape index (κ3) is 3.31. The summed E-state index contributed by atoms with van der Waals surface area (Å²) in [5, 5.41) is 14.4. The fraction of sp³-hybridized carbons (Fsp3) is 0.474. The number of hydrogen-bond acceptors (Lipinski definition) is 5. The minimum atomic E-state index is -1.05. The van der Waals surface area contributed by atoms with Crippen molar-refractivity contribution in [2.75, 3.05) is 32.1 Å². The van der Waals surface area contributed by atoms with Gasteiger partial charge in [-0.2, -0.15) is 0 Å². The lowest BCUT2D eigenvalue weighted by molar-refractivity contribution is 0.0698. The van der Waals surface area contributed by atoms with Crippen LogP contribution in [-0.2, 0) is 0 Å². The number of likely N-dealkylation sites (tertiary alicyclic amines) is 1. The van der Waals surface area contributed by atoms with Crippen LogP contribution in [0.4, 0.5) is 5.82 Å². The molecule has 2 aromatic rings. The van der Waals surface area contributed by atoms with E-state index in [1.54, 1.807) is 24.3 Å². The first kappa shape index (κ1) is 18.7. The molecule has 1 atom stereocenters. The molecule has 0 saturated carbocycles. The van der Waals surface area contributed by atoms with Gasteiger partial charge in [0, 0.05) is 29.7 Å². The number of carboxylic acid groups (broad SMARTS) is 1. The molecule has 0 aliphatic carbocycles. The summed E-state index contributed by atoms with van der Waals surface area (Å²) in [6.45, 7) is 6.19. The molecule has 140 valence electrons. The van der Waals surface area contributed by atoms with Crippen molar-refractivity contribution in [1.82, 2.24) is 10.1 Å². The van der Waals surface area contributed by atoms with E-state index < -0.39 is 5.97 Å². The monoisotopic (exact) mass is 377 g/mol. The second kappa shape index (κ2) is 6.93. The van der Waals surface area contributed by atoms with Crippen molar-refractivity contribution in [3.8, 4) is 11.3 Å². The number of anilines is 1. The highest BCUT2D eigenvalue weighted by Gasteiger charge is 2.40. The number of benzene rings is 1. The fourth-order valence-corrected chi connectivity index (χ4v) is 3.69. The van der Waals surface area contributed by atoms with Crippen LogP contribution in [0.2, 0.25) is 5.02 Å². The van der Waals surface area contributed by atoms with E-state index in [0.29, 0.717) is 28.9 Å². The Hall–Kier alpha value is -2.05. The summed E-state index contributed by atoms with van der Waals surface area (Å²) < 4.78 is 5.42. The van der Waals surface area contributed by atoms with Crippen molar-refractivity contribution < 1.29 is 14.4 Å². The molecule has 1 aliphatic rings. The van der Waals surface area contributed by atoms with Gasteiger partial charge in [0.05, 0.1) is 0 Å². The number of halogens is 1. The second-order valence-corrected chi connectivity index (χ2v) is 7.90. The van der Waals surface area contributed by atoms with Gasteiger partial charge in [-0.3, -0.25) is 0 Å². The number of hydrogen-bond donors (Lipinski definition) is 1. The first-order valence-electron chi connectivity index (χ1n) is 8.63. The molecule has 3 rings (SSSR count). The Morgan fingerprint density at radius 3 is 2.62 bits per heavy atom. The molecule has 1 aromatic heterocycles. The molecule has 0 amide bonds. The van der Waals surface area contributed by atoms with E-state index in [2.05, 4.69) is 31.0 Å². The highest BCUT2D eigenvalue weighted by molar-refractivity contribution is 6.30. The van der Waals surface area contributed by atoms with Crippen molar-refractivity contribution >= 4 is 23.4 Å². The number of aromatic nitrogens is 1. The van der Waals surface area contributed by atoms with Crippen molar-refractivity contribution in [2.24, 2.45) is 5.92 Å². The molecule has 0 radical (unpaired) electrons. The van der Waals surface area contributed by atoms with Crippen LogP contribution in [-0.4, -0.2) is 53.9 Å². The number of aromatic carboxylic acids is 1. The van der Waals surface area contributed by atoms with E-state index in [0.717, 1.165) is 13.0 Å². The molecule has 26 heavy (non-hydrogen) atoms. The van der Waals surface area contributed by atoms with Crippen LogP contribution >= 0.6 is 11.6 Å². The molecular formula is C19H24ClN3O3. The van der Waals surface area contributed by atoms with Crippen LogP contribution in [0.1, 0.15) is 30.6 Å². The van der Waals surface area contributed by atoms with E-state index in [1.807, 2.05) is 11.9 Å². The van der Waals surface area contributed by atoms with Gasteiger partial charge in [0.1, 0.15) is 0 Å². The number of carboxylic acids is 1. The van der Waals surface area contributed by atoms with Crippen molar-refractivity contribution in [3.05, 3.63) is 34.9 Å². The predicted octanol–water partition coefficient (Wildman–Crippen LogP) is 3.86. The topological polar surface area (TPSA) is 69.8 Å². The van der Waals surface area contributed by atoms with E-state index in [4.69, 9.17) is 16.1 Å². The van der Waals surface area contributed by atoms with Crippen LogP contribution in [0.5, 0.6) is 0 Å². The Kier molecular flexibility index (Phi) is 4.99. The van der Waals surface area contributed by atoms with Gasteiger partial charge in [-0.05, 0) is 64.0 Å². The number of rotatable bonds is 5. The second-order valence-electron chi connectivity index (χ2n) is 7.46. The Morgan fingerprint density at radius 1 is 1.42 bits per heavy atom. The zero-order valence-electron chi connectivity index (χ0n) is 15.5. The van der Waals surface area contributed by atoms with Crippen LogP contribution in [0.25, 0.3) is 11.3 Å². The standard InChI is InChI=1S/C19H24ClN3O3/c1-19(2)13(9-10-23(19)4)11-22(3)17-15(18(24)25)16(26-21-17)12-5-7-14(20)8-6-12/h5-8,13H,9-11H2,1-4H3,(H,24,25). The predicted molar refractivity (Wildman–Crippen MR) is 102 cm³/mol. The van der Waals surface area contributed by atoms with Gasteiger partial charge >= 0.3 is 5.97 Å². The van der Waals surface area contributed by atoms with E-state index in [1.165, 1.54) is 0 Å². The van der Waals surface area contributed by atoms with Crippen molar-refractivity contribution in [1.29, 1.82) is 0 Å². The van der Waals surface area contributed by atoms with E-state index in [9.17, 15) is 9.90 Å². The smallest absolute Gasteiger partial charge is 0.343 e. The summed E-state index contributed by atoms with van der Waals surface area (Å²) in [7, 11) is 3.99. The average Bonchev–Trinajstić information content (AvgIpc) is 3.13. The highest BCUT2D eigenvalue weighted by Crippen LogP contribution is 2.36. The summed E-state index contributed by atoms with van der Waals surface area (Å²) in [5.74, 6) is -0.0395. The third-order valence-electron chi connectivity index (χ3n) is 5.65. The maximum atomic E-state index is 11.9. The Balaban J connectivity index is 1.90. The molecule has 1 unspecified atom stereocenters. The zero-order valence-corrected chi connectivity index (χ0v) is 16.2. The Labute approximate surface area is 158 Å². The van der Waals surface area contributed by atoms with Crippen LogP contribution in [0.3, 0.4) is 0 Å². The maximum absolute atomic E-state index is 11.9. The summed E-state index contributed by atoms with van der Waals surface area (Å²) >= 11 is 5.92. The van der Waals surface area contributed by atoms with Crippen LogP contribution in [0, 0.1) is 5.92 Å². The largest absolute Gasteiger partial charge is 0.477 e. The van der Waals surface area contributed by atoms with Gasteiger partial charge in [0.15, 0.2) is 17.1 Å². The van der Waals surface area contributed by atoms with Gasteiger partial charge in [0.2, 0.25) is 0 Å². The molecule has 1 aliphatic heterocycles. The number of nitrogens with zero attached hydrogens (tertiary/aromatic N) is 3. The quantitative estimate of drug-likeness (QED) is 0.853. The van der Waals surface area contributed by atoms with Crippen molar-refractivity contribution in [3.63, 3.8) is 0 Å². The molecule has 1 fully saturated rings. The van der Waals surface area contributed by atoms with Gasteiger partial charge < -0.3 is 19.4 Å². The SMILES string of the molecule is CN(CC1CCN(C)C1(C)C)c1noc(-c2ccc(Cl)cc2)c1C(=O)O. The lowest BCUT2D eigenvalue weighted by atomic mass is 9.88. The first-order chi connectivity index (χ1) is 12.2. The van der Waals surface area contributed by atoms with Crippen LogP contribution in [0.15, 0.2) is 28.8 Å². The first-order valence-corrected chi connectivity index (χ1v) is 9.01. The van der Waals surface area contributed by atoms with Gasteiger partial charge in [-0.25, -0.2) is 4.79 Å². The minimum absolute atomic E-state index is 0.0559. The molecule has 7 heteroatoms. The summed E-state index contributed by atoms with van der Waals surface area (Å²) in [6.07, 6.45) is 1.07. The molecule has 2 heterocycles. The minimum Gasteiger partial charge on any atom is -0.477 e. The molecule has 1 N–H and O–H groups in total. The lowest BCUT2D eigenvalue weighted by Gasteiger charge is -2.35. The lowest BCUT2D eigenvalue weighted by Crippen LogP contribution is -2.44. The van der Waals surface area contributed by atoms with Crippen LogP contribution < -0.4 is 4.90 Å². The maximum Gasteiger partial charge on any atom is 0.343 e. The average molecular weight is 378 g/mol. The fourth-order valence-electron chi connectivity index (χ4n) is 3.57. The molecule has 1 aromatic carbocycles. The molecule has 1 saturated heterocycles. The normalized spacial score (nSPS) is 19.7. The number of carbonyl (C=O) groups is 1. The molecular weight excluding hydrogens is 354 g/mol. The Bertz CT molecular complexity index is 801. The van der Waals surface area contributed by atoms with Gasteiger partial charge in [-0.15, -0.1) is 0 Å². The summed E-state index contributed by atoms with van der Waals surface area (Å²) in [4.78, 5) is 16.1. The highest BCUT2D eigenvalue weighted by atomic mass is 35.5. The Morgan fingerprint density at radius 2 is 2.08 bits per heavy atom.